The molecule has 5 unspecified atom stereocenters. The maximum atomic E-state index is 13.0. The molecule has 0 aromatic carbocycles. The summed E-state index contributed by atoms with van der Waals surface area (Å²) >= 11 is 0. The second-order valence-electron chi connectivity index (χ2n) is 11.1. The first kappa shape index (κ1) is 34.0. The fourth-order valence-electron chi connectivity index (χ4n) is 4.75. The van der Waals surface area contributed by atoms with Crippen LogP contribution < -0.4 is 0 Å². The van der Waals surface area contributed by atoms with Gasteiger partial charge in [-0.2, -0.15) is 0 Å². The summed E-state index contributed by atoms with van der Waals surface area (Å²) in [6.45, 7) is 15.4. The zero-order valence-electron chi connectivity index (χ0n) is 24.9. The Morgan fingerprint density at radius 3 is 2.38 bits per heavy atom. The van der Waals surface area contributed by atoms with E-state index in [4.69, 9.17) is 9.84 Å². The molecule has 0 aromatic heterocycles. The molecular weight excluding hydrogens is 492 g/mol. The lowest BCUT2D eigenvalue weighted by molar-refractivity contribution is -0.143. The molecule has 0 amide bonds. The summed E-state index contributed by atoms with van der Waals surface area (Å²) in [6, 6.07) is 0. The third-order valence-corrected chi connectivity index (χ3v) is 7.12. The lowest BCUT2D eigenvalue weighted by Crippen LogP contribution is -2.34. The number of carbonyl (C=O) groups is 3. The van der Waals surface area contributed by atoms with E-state index in [9.17, 15) is 19.5 Å². The van der Waals surface area contributed by atoms with Crippen LogP contribution in [0.3, 0.4) is 0 Å². The van der Waals surface area contributed by atoms with Crippen molar-refractivity contribution in [3.63, 3.8) is 0 Å². The van der Waals surface area contributed by atoms with Gasteiger partial charge in [0, 0.05) is 29.9 Å². The van der Waals surface area contributed by atoms with E-state index in [-0.39, 0.29) is 35.6 Å². The quantitative estimate of drug-likeness (QED) is 0.135. The first-order valence-electron chi connectivity index (χ1n) is 14.0. The predicted octanol–water partition coefficient (Wildman–Crippen LogP) is 6.78. The molecule has 0 spiro atoms. The van der Waals surface area contributed by atoms with E-state index in [1.54, 1.807) is 13.8 Å². The van der Waals surface area contributed by atoms with Crippen LogP contribution in [-0.4, -0.2) is 40.1 Å². The van der Waals surface area contributed by atoms with Crippen molar-refractivity contribution in [2.45, 2.75) is 86.9 Å². The Morgan fingerprint density at radius 2 is 1.77 bits per heavy atom. The highest BCUT2D eigenvalue weighted by atomic mass is 16.5. The molecule has 0 radical (unpaired) electrons. The van der Waals surface area contributed by atoms with Gasteiger partial charge < -0.3 is 14.9 Å². The molecular formula is C33H48O6. The SMILES string of the molecule is CCC(=C/C(C)C/C=C/C(C)=C/C(C)C(=O)C(C)[C@H](O)[C@@H](C)C/C(C)=C/C(=O)O)/C=C/C1OC(=O)C=CC1C. The highest BCUT2D eigenvalue weighted by molar-refractivity contribution is 5.85. The van der Waals surface area contributed by atoms with Crippen LogP contribution in [0.25, 0.3) is 0 Å². The average molecular weight is 541 g/mol. The van der Waals surface area contributed by atoms with Gasteiger partial charge in [0.15, 0.2) is 0 Å². The Labute approximate surface area is 234 Å². The predicted molar refractivity (Wildman–Crippen MR) is 157 cm³/mol. The standard InChI is InChI=1S/C33H48O6/c1-9-28(14-15-29-24(5)13-16-31(36)39-29)19-22(3)12-10-11-21(2)17-25(6)32(37)27(8)33(38)26(7)18-23(4)20-30(34)35/h10-11,13-17,19-20,22,24-27,29,33,38H,9,12,18H2,1-8H3,(H,34,35)/b11-10+,15-14+,21-17+,23-20+,28-19-/t22?,24?,25?,26-,27?,29?,33+/m0/s1. The third kappa shape index (κ3) is 12.6. The van der Waals surface area contributed by atoms with Crippen molar-refractivity contribution in [2.75, 3.05) is 0 Å². The second kappa shape index (κ2) is 16.9. The molecule has 2 N–H and O–H groups in total. The number of aliphatic hydroxyl groups excluding tert-OH is 1. The Morgan fingerprint density at radius 1 is 1.10 bits per heavy atom. The number of aliphatic carboxylic acids is 1. The van der Waals surface area contributed by atoms with Crippen LogP contribution in [0, 0.1) is 29.6 Å². The lowest BCUT2D eigenvalue weighted by Gasteiger charge is -2.25. The molecule has 1 rings (SSSR count). The first-order chi connectivity index (χ1) is 18.2. The van der Waals surface area contributed by atoms with Crippen LogP contribution in [0.4, 0.5) is 0 Å². The van der Waals surface area contributed by atoms with Crippen molar-refractivity contribution in [1.29, 1.82) is 0 Å². The van der Waals surface area contributed by atoms with Gasteiger partial charge in [0.2, 0.25) is 0 Å². The Hall–Kier alpha value is -2.99. The van der Waals surface area contributed by atoms with Crippen molar-refractivity contribution < 1.29 is 29.3 Å². The van der Waals surface area contributed by atoms with Crippen molar-refractivity contribution in [2.24, 2.45) is 29.6 Å². The molecule has 1 aliphatic heterocycles. The largest absolute Gasteiger partial charge is 0.478 e. The number of aliphatic hydroxyl groups is 1. The number of rotatable bonds is 15. The van der Waals surface area contributed by atoms with E-state index < -0.39 is 18.0 Å². The minimum atomic E-state index is -1.01. The van der Waals surface area contributed by atoms with E-state index in [0.29, 0.717) is 17.9 Å². The molecule has 6 nitrogen and oxygen atoms in total. The van der Waals surface area contributed by atoms with Gasteiger partial charge in [0.25, 0.3) is 0 Å². The molecule has 0 saturated heterocycles. The monoisotopic (exact) mass is 540 g/mol. The average Bonchev–Trinajstić information content (AvgIpc) is 2.86. The first-order valence-corrected chi connectivity index (χ1v) is 14.0. The topological polar surface area (TPSA) is 101 Å². The van der Waals surface area contributed by atoms with Gasteiger partial charge in [0.05, 0.1) is 6.10 Å². The molecule has 0 fully saturated rings. The van der Waals surface area contributed by atoms with Crippen LogP contribution in [0.2, 0.25) is 0 Å². The molecule has 0 aromatic rings. The second-order valence-corrected chi connectivity index (χ2v) is 11.1. The number of hydrogen-bond donors (Lipinski definition) is 2. The number of Topliss-reactive ketones (excluding diaryl/α,β-unsaturated/α-hetero) is 1. The Kier molecular flexibility index (Phi) is 14.7. The molecule has 216 valence electrons. The van der Waals surface area contributed by atoms with Crippen LogP contribution in [0.1, 0.15) is 74.7 Å². The van der Waals surface area contributed by atoms with Crippen LogP contribution in [0.5, 0.6) is 0 Å². The number of carbonyl (C=O) groups excluding carboxylic acids is 2. The fraction of sp³-hybridized carbons (Fsp3) is 0.545. The van der Waals surface area contributed by atoms with Gasteiger partial charge in [-0.3, -0.25) is 4.79 Å². The molecule has 0 aliphatic carbocycles. The van der Waals surface area contributed by atoms with E-state index in [1.165, 1.54) is 11.6 Å². The highest BCUT2D eigenvalue weighted by Crippen LogP contribution is 2.24. The summed E-state index contributed by atoms with van der Waals surface area (Å²) in [6.07, 6.45) is 17.8. The number of ketones is 1. The van der Waals surface area contributed by atoms with Crippen molar-refractivity contribution in [1.82, 2.24) is 0 Å². The molecule has 0 saturated carbocycles. The van der Waals surface area contributed by atoms with Gasteiger partial charge in [-0.15, -0.1) is 0 Å². The summed E-state index contributed by atoms with van der Waals surface area (Å²) < 4.78 is 5.39. The maximum Gasteiger partial charge on any atom is 0.331 e. The van der Waals surface area contributed by atoms with Crippen LogP contribution in [-0.2, 0) is 19.1 Å². The van der Waals surface area contributed by atoms with Crippen LogP contribution >= 0.6 is 0 Å². The molecule has 6 heteroatoms. The van der Waals surface area contributed by atoms with Crippen molar-refractivity contribution in [3.8, 4) is 0 Å². The summed E-state index contributed by atoms with van der Waals surface area (Å²) in [5, 5.41) is 19.6. The third-order valence-electron chi connectivity index (χ3n) is 7.12. The number of ether oxygens (including phenoxy) is 1. The minimum absolute atomic E-state index is 0.0360. The Bertz CT molecular complexity index is 1020. The number of allylic oxidation sites excluding steroid dienone is 8. The van der Waals surface area contributed by atoms with Gasteiger partial charge in [-0.05, 0) is 51.0 Å². The zero-order valence-corrected chi connectivity index (χ0v) is 24.9. The summed E-state index contributed by atoms with van der Waals surface area (Å²) in [7, 11) is 0. The van der Waals surface area contributed by atoms with E-state index in [2.05, 4.69) is 26.0 Å². The number of carboxylic acids is 1. The summed E-state index contributed by atoms with van der Waals surface area (Å²) in [5.41, 5.74) is 2.84. The molecule has 0 bridgehead atoms. The molecule has 7 atom stereocenters. The number of cyclic esters (lactones) is 1. The minimum Gasteiger partial charge on any atom is -0.478 e. The zero-order chi connectivity index (χ0) is 29.7. The van der Waals surface area contributed by atoms with Crippen molar-refractivity contribution >= 4 is 17.7 Å². The fourth-order valence-corrected chi connectivity index (χ4v) is 4.75. The van der Waals surface area contributed by atoms with Crippen molar-refractivity contribution in [3.05, 3.63) is 71.4 Å². The lowest BCUT2D eigenvalue weighted by atomic mass is 9.83. The van der Waals surface area contributed by atoms with Gasteiger partial charge in [-0.1, -0.05) is 94.7 Å². The Balaban J connectivity index is 2.69. The molecule has 1 aliphatic rings. The molecule has 1 heterocycles. The molecule has 39 heavy (non-hydrogen) atoms. The smallest absolute Gasteiger partial charge is 0.331 e. The number of carboxylic acid groups (broad SMARTS) is 1. The number of hydrogen-bond acceptors (Lipinski definition) is 5. The maximum absolute atomic E-state index is 13.0. The normalized spacial score (nSPS) is 23.0. The number of esters is 1. The van der Waals surface area contributed by atoms with E-state index in [0.717, 1.165) is 24.5 Å². The summed E-state index contributed by atoms with van der Waals surface area (Å²) in [4.78, 5) is 35.3. The van der Waals surface area contributed by atoms with Crippen LogP contribution in [0.15, 0.2) is 71.4 Å². The van der Waals surface area contributed by atoms with Gasteiger partial charge >= 0.3 is 11.9 Å². The summed E-state index contributed by atoms with van der Waals surface area (Å²) in [5.74, 6) is -2.01. The van der Waals surface area contributed by atoms with Gasteiger partial charge in [0.1, 0.15) is 11.9 Å². The van der Waals surface area contributed by atoms with Gasteiger partial charge in [-0.25, -0.2) is 9.59 Å². The highest BCUT2D eigenvalue weighted by Gasteiger charge is 2.29. The van der Waals surface area contributed by atoms with E-state index in [1.807, 2.05) is 58.1 Å². The van der Waals surface area contributed by atoms with E-state index >= 15 is 0 Å².